The highest BCUT2D eigenvalue weighted by Gasteiger charge is 2.42. The lowest BCUT2D eigenvalue weighted by atomic mass is 9.84. The van der Waals surface area contributed by atoms with Crippen LogP contribution in [0.2, 0.25) is 0 Å². The lowest BCUT2D eigenvalue weighted by molar-refractivity contribution is 0.0878. The molecule has 0 radical (unpaired) electrons. The van der Waals surface area contributed by atoms with E-state index in [2.05, 4.69) is 17.4 Å². The van der Waals surface area contributed by atoms with Gasteiger partial charge >= 0.3 is 0 Å². The Kier molecular flexibility index (Phi) is 3.87. The molecule has 0 saturated heterocycles. The van der Waals surface area contributed by atoms with Crippen molar-refractivity contribution in [1.82, 2.24) is 10.5 Å². The number of carbonyl (C=O) groups is 1. The zero-order chi connectivity index (χ0) is 16.7. The highest BCUT2D eigenvalue weighted by atomic mass is 19.1. The molecule has 2 aliphatic rings. The van der Waals surface area contributed by atoms with Gasteiger partial charge in [-0.3, -0.25) is 4.79 Å². The van der Waals surface area contributed by atoms with Crippen molar-refractivity contribution in [3.8, 4) is 11.3 Å². The second-order valence-corrected chi connectivity index (χ2v) is 7.19. The average Bonchev–Trinajstić information content (AvgIpc) is 3.31. The normalized spacial score (nSPS) is 26.5. The molecule has 2 aliphatic carbocycles. The molecule has 1 N–H and O–H groups in total. The van der Waals surface area contributed by atoms with Crippen molar-refractivity contribution in [2.24, 2.45) is 17.8 Å². The summed E-state index contributed by atoms with van der Waals surface area (Å²) in [6.45, 7) is 2.08. The first-order chi connectivity index (χ1) is 11.6. The molecule has 0 aliphatic heterocycles. The minimum absolute atomic E-state index is 0.135. The predicted molar refractivity (Wildman–Crippen MR) is 87.8 cm³/mol. The molecule has 4 atom stereocenters. The predicted octanol–water partition coefficient (Wildman–Crippen LogP) is 4.04. The summed E-state index contributed by atoms with van der Waals surface area (Å²) < 4.78 is 18.5. The second-order valence-electron chi connectivity index (χ2n) is 7.19. The first-order valence-electron chi connectivity index (χ1n) is 8.63. The highest BCUT2D eigenvalue weighted by molar-refractivity contribution is 5.92. The number of amides is 1. The molecule has 1 heterocycles. The van der Waals surface area contributed by atoms with Gasteiger partial charge in [-0.1, -0.05) is 23.7 Å². The Labute approximate surface area is 140 Å². The molecule has 24 heavy (non-hydrogen) atoms. The van der Waals surface area contributed by atoms with Crippen LogP contribution in [0.4, 0.5) is 4.39 Å². The Balaban J connectivity index is 1.43. The molecule has 126 valence electrons. The van der Waals surface area contributed by atoms with E-state index in [0.717, 1.165) is 11.8 Å². The van der Waals surface area contributed by atoms with Crippen LogP contribution in [0.5, 0.6) is 0 Å². The molecular formula is C19H21FN2O2. The number of benzene rings is 1. The summed E-state index contributed by atoms with van der Waals surface area (Å²) in [5, 5.41) is 6.94. The molecule has 4 rings (SSSR count). The molecule has 5 heteroatoms. The first-order valence-corrected chi connectivity index (χ1v) is 8.63. The molecule has 4 nitrogen and oxygen atoms in total. The maximum Gasteiger partial charge on any atom is 0.290 e. The van der Waals surface area contributed by atoms with Crippen molar-refractivity contribution in [3.63, 3.8) is 0 Å². The number of halogens is 1. The fourth-order valence-electron chi connectivity index (χ4n) is 4.46. The zero-order valence-corrected chi connectivity index (χ0v) is 13.7. The Morgan fingerprint density at radius 1 is 1.33 bits per heavy atom. The van der Waals surface area contributed by atoms with Crippen molar-refractivity contribution < 1.29 is 13.7 Å². The van der Waals surface area contributed by atoms with E-state index in [4.69, 9.17) is 4.52 Å². The van der Waals surface area contributed by atoms with E-state index in [1.807, 2.05) is 0 Å². The number of nitrogens with one attached hydrogen (secondary N) is 1. The van der Waals surface area contributed by atoms with E-state index in [9.17, 15) is 9.18 Å². The van der Waals surface area contributed by atoms with Crippen LogP contribution in [0, 0.1) is 23.6 Å². The van der Waals surface area contributed by atoms with Gasteiger partial charge in [0.25, 0.3) is 5.91 Å². The molecule has 0 spiro atoms. The van der Waals surface area contributed by atoms with E-state index in [0.29, 0.717) is 17.2 Å². The van der Waals surface area contributed by atoms with Crippen LogP contribution in [-0.2, 0) is 0 Å². The van der Waals surface area contributed by atoms with Crippen LogP contribution in [0.15, 0.2) is 34.9 Å². The van der Waals surface area contributed by atoms with Gasteiger partial charge in [0.1, 0.15) is 11.5 Å². The zero-order valence-electron chi connectivity index (χ0n) is 13.7. The van der Waals surface area contributed by atoms with E-state index in [1.54, 1.807) is 18.2 Å². The van der Waals surface area contributed by atoms with Crippen molar-refractivity contribution in [3.05, 3.63) is 41.9 Å². The van der Waals surface area contributed by atoms with Crippen molar-refractivity contribution in [2.75, 3.05) is 0 Å². The summed E-state index contributed by atoms with van der Waals surface area (Å²) in [7, 11) is 0. The lowest BCUT2D eigenvalue weighted by Gasteiger charge is -2.28. The van der Waals surface area contributed by atoms with Crippen LogP contribution in [0.1, 0.15) is 43.2 Å². The quantitative estimate of drug-likeness (QED) is 0.922. The monoisotopic (exact) mass is 328 g/mol. The van der Waals surface area contributed by atoms with Crippen molar-refractivity contribution >= 4 is 5.91 Å². The van der Waals surface area contributed by atoms with E-state index in [1.165, 1.54) is 37.8 Å². The maximum atomic E-state index is 13.3. The largest absolute Gasteiger partial charge is 0.350 e. The number of rotatable bonds is 4. The fraction of sp³-hybridized carbons (Fsp3) is 0.474. The minimum atomic E-state index is -0.341. The molecule has 2 fully saturated rings. The second kappa shape index (κ2) is 6.04. The molecule has 2 saturated carbocycles. The van der Waals surface area contributed by atoms with Gasteiger partial charge in [-0.05, 0) is 56.1 Å². The number of hydrogen-bond acceptors (Lipinski definition) is 3. The third-order valence-electron chi connectivity index (χ3n) is 5.65. The maximum absolute atomic E-state index is 13.3. The van der Waals surface area contributed by atoms with Gasteiger partial charge < -0.3 is 9.84 Å². The summed E-state index contributed by atoms with van der Waals surface area (Å²) in [6.07, 6.45) is 5.18. The minimum Gasteiger partial charge on any atom is -0.350 e. The number of hydrogen-bond donors (Lipinski definition) is 1. The van der Waals surface area contributed by atoms with Crippen LogP contribution in [-0.4, -0.2) is 17.1 Å². The van der Waals surface area contributed by atoms with E-state index in [-0.39, 0.29) is 23.5 Å². The van der Waals surface area contributed by atoms with E-state index >= 15 is 0 Å². The molecule has 2 bridgehead atoms. The topological polar surface area (TPSA) is 55.1 Å². The number of nitrogens with zero attached hydrogens (tertiary/aromatic N) is 1. The number of fused-ring (bicyclic) bond motifs is 2. The Hall–Kier alpha value is -2.17. The summed E-state index contributed by atoms with van der Waals surface area (Å²) >= 11 is 0. The molecule has 1 aromatic heterocycles. The molecule has 4 unspecified atom stereocenters. The molecule has 2 aromatic rings. The average molecular weight is 328 g/mol. The van der Waals surface area contributed by atoms with E-state index < -0.39 is 0 Å². The number of carbonyl (C=O) groups excluding carboxylic acids is 1. The highest BCUT2D eigenvalue weighted by Crippen LogP contribution is 2.49. The Morgan fingerprint density at radius 2 is 2.21 bits per heavy atom. The Morgan fingerprint density at radius 3 is 2.92 bits per heavy atom. The van der Waals surface area contributed by atoms with Crippen LogP contribution < -0.4 is 5.32 Å². The van der Waals surface area contributed by atoms with Gasteiger partial charge in [-0.2, -0.15) is 0 Å². The van der Waals surface area contributed by atoms with Gasteiger partial charge in [-0.15, -0.1) is 0 Å². The lowest BCUT2D eigenvalue weighted by Crippen LogP contribution is -2.40. The first kappa shape index (κ1) is 15.4. The number of aromatic nitrogens is 1. The van der Waals surface area contributed by atoms with Gasteiger partial charge in [-0.25, -0.2) is 4.39 Å². The van der Waals surface area contributed by atoms with Crippen molar-refractivity contribution in [2.45, 2.75) is 38.6 Å². The SMILES string of the molecule is CC(NC(=O)c1cc(-c2cccc(F)c2)no1)C1CC2CCC1C2. The molecular weight excluding hydrogens is 307 g/mol. The summed E-state index contributed by atoms with van der Waals surface area (Å²) in [5.74, 6) is 1.75. The Bertz CT molecular complexity index is 757. The summed E-state index contributed by atoms with van der Waals surface area (Å²) in [5.41, 5.74) is 1.06. The fourth-order valence-corrected chi connectivity index (χ4v) is 4.46. The van der Waals surface area contributed by atoms with Gasteiger partial charge in [0, 0.05) is 17.7 Å². The smallest absolute Gasteiger partial charge is 0.290 e. The third-order valence-corrected chi connectivity index (χ3v) is 5.65. The van der Waals surface area contributed by atoms with Crippen LogP contribution in [0.25, 0.3) is 11.3 Å². The third kappa shape index (κ3) is 2.83. The van der Waals surface area contributed by atoms with Crippen LogP contribution in [0.3, 0.4) is 0 Å². The summed E-state index contributed by atoms with van der Waals surface area (Å²) in [6, 6.07) is 7.79. The molecule has 1 aromatic carbocycles. The van der Waals surface area contributed by atoms with Crippen LogP contribution >= 0.6 is 0 Å². The van der Waals surface area contributed by atoms with Crippen molar-refractivity contribution in [1.29, 1.82) is 0 Å². The summed E-state index contributed by atoms with van der Waals surface area (Å²) in [4.78, 5) is 12.4. The van der Waals surface area contributed by atoms with Gasteiger partial charge in [0.15, 0.2) is 0 Å². The standard InChI is InChI=1S/C19H21FN2O2/c1-11(16-8-12-5-6-13(16)7-12)21-19(23)18-10-17(22-24-18)14-3-2-4-15(20)9-14/h2-4,9-13,16H,5-8H2,1H3,(H,21,23). The molecule has 1 amide bonds. The van der Waals surface area contributed by atoms with Gasteiger partial charge in [0.2, 0.25) is 5.76 Å². The van der Waals surface area contributed by atoms with Gasteiger partial charge in [0.05, 0.1) is 0 Å².